The lowest BCUT2D eigenvalue weighted by atomic mass is 9.95. The maximum absolute atomic E-state index is 12.3. The van der Waals surface area contributed by atoms with Crippen LogP contribution in [-0.2, 0) is 6.42 Å². The summed E-state index contributed by atoms with van der Waals surface area (Å²) in [4.78, 5) is 17.5. The number of nitrogens with zero attached hydrogens (tertiary/aromatic N) is 1. The Labute approximate surface area is 151 Å². The molecule has 26 heavy (non-hydrogen) atoms. The minimum atomic E-state index is -0.238. The van der Waals surface area contributed by atoms with E-state index in [0.29, 0.717) is 22.8 Å². The number of fused-ring (bicyclic) bond motifs is 2. The molecule has 0 radical (unpaired) electrons. The van der Waals surface area contributed by atoms with E-state index in [9.17, 15) is 4.79 Å². The van der Waals surface area contributed by atoms with Crippen molar-refractivity contribution in [2.45, 2.75) is 12.6 Å². The number of aromatic nitrogens is 1. The normalized spacial score (nSPS) is 20.4. The summed E-state index contributed by atoms with van der Waals surface area (Å²) in [5.74, 6) is 1.74. The molecule has 1 aromatic carbocycles. The first kappa shape index (κ1) is 16.6. The molecule has 8 nitrogen and oxygen atoms in total. The SMILES string of the molecule is COc1c2c(cc3c1[C@@H](NNC(=O)c1cccnc1)[NH+](C)CC3)OCO2. The molecule has 0 spiro atoms. The maximum Gasteiger partial charge on any atom is 0.267 e. The zero-order valence-corrected chi connectivity index (χ0v) is 14.7. The molecular formula is C18H21N4O4+. The van der Waals surface area contributed by atoms with Gasteiger partial charge in [-0.3, -0.25) is 15.2 Å². The summed E-state index contributed by atoms with van der Waals surface area (Å²) in [5.41, 5.74) is 8.53. The van der Waals surface area contributed by atoms with E-state index in [1.165, 1.54) is 11.1 Å². The number of carbonyl (C=O) groups is 1. The molecule has 2 atom stereocenters. The van der Waals surface area contributed by atoms with Crippen molar-refractivity contribution in [1.82, 2.24) is 15.8 Å². The Morgan fingerprint density at radius 3 is 3.08 bits per heavy atom. The smallest absolute Gasteiger partial charge is 0.267 e. The third-order valence-corrected chi connectivity index (χ3v) is 4.77. The van der Waals surface area contributed by atoms with E-state index < -0.39 is 0 Å². The van der Waals surface area contributed by atoms with E-state index in [4.69, 9.17) is 14.2 Å². The Balaban J connectivity index is 1.63. The molecule has 3 heterocycles. The molecule has 8 heteroatoms. The molecule has 0 saturated heterocycles. The van der Waals surface area contributed by atoms with Crippen LogP contribution in [0.25, 0.3) is 0 Å². The topological polar surface area (TPSA) is 86.2 Å². The van der Waals surface area contributed by atoms with Crippen molar-refractivity contribution in [1.29, 1.82) is 0 Å². The maximum atomic E-state index is 12.3. The number of hydrazine groups is 1. The van der Waals surface area contributed by atoms with Gasteiger partial charge in [-0.05, 0) is 23.8 Å². The number of hydrogen-bond donors (Lipinski definition) is 3. The van der Waals surface area contributed by atoms with Gasteiger partial charge in [0.15, 0.2) is 17.7 Å². The van der Waals surface area contributed by atoms with Crippen molar-refractivity contribution in [2.75, 3.05) is 27.5 Å². The lowest BCUT2D eigenvalue weighted by Crippen LogP contribution is -3.12. The third kappa shape index (κ3) is 2.83. The van der Waals surface area contributed by atoms with Gasteiger partial charge in [0, 0.05) is 18.8 Å². The van der Waals surface area contributed by atoms with Crippen LogP contribution in [0.4, 0.5) is 0 Å². The van der Waals surface area contributed by atoms with E-state index in [1.807, 2.05) is 6.07 Å². The summed E-state index contributed by atoms with van der Waals surface area (Å²) in [6, 6.07) is 5.45. The number of quaternary nitrogens is 1. The highest BCUT2D eigenvalue weighted by atomic mass is 16.7. The molecule has 0 saturated carbocycles. The number of benzene rings is 1. The van der Waals surface area contributed by atoms with Crippen molar-refractivity contribution >= 4 is 5.91 Å². The van der Waals surface area contributed by atoms with Crippen LogP contribution in [0.1, 0.15) is 27.7 Å². The first-order valence-electron chi connectivity index (χ1n) is 8.46. The summed E-state index contributed by atoms with van der Waals surface area (Å²) in [6.45, 7) is 1.10. The van der Waals surface area contributed by atoms with Crippen molar-refractivity contribution in [3.8, 4) is 17.2 Å². The number of likely N-dealkylation sites (N-methyl/N-ethyl adjacent to an activating group) is 1. The van der Waals surface area contributed by atoms with E-state index in [1.54, 1.807) is 25.4 Å². The fraction of sp³-hybridized carbons (Fsp3) is 0.333. The van der Waals surface area contributed by atoms with Gasteiger partial charge >= 0.3 is 0 Å². The highest BCUT2D eigenvalue weighted by Crippen LogP contribution is 2.46. The van der Waals surface area contributed by atoms with Crippen LogP contribution in [-0.4, -0.2) is 38.4 Å². The fourth-order valence-corrected chi connectivity index (χ4v) is 3.43. The minimum absolute atomic E-state index is 0.177. The molecule has 4 rings (SSSR count). The van der Waals surface area contributed by atoms with Crippen LogP contribution in [0, 0.1) is 0 Å². The number of rotatable bonds is 4. The predicted molar refractivity (Wildman–Crippen MR) is 92.2 cm³/mol. The summed E-state index contributed by atoms with van der Waals surface area (Å²) in [6.07, 6.45) is 3.88. The Morgan fingerprint density at radius 2 is 2.31 bits per heavy atom. The number of amides is 1. The van der Waals surface area contributed by atoms with Crippen LogP contribution in [0.5, 0.6) is 17.2 Å². The lowest BCUT2D eigenvalue weighted by Gasteiger charge is -2.33. The molecule has 1 aromatic heterocycles. The Morgan fingerprint density at radius 1 is 1.42 bits per heavy atom. The van der Waals surface area contributed by atoms with E-state index in [0.717, 1.165) is 24.1 Å². The second-order valence-electron chi connectivity index (χ2n) is 6.34. The largest absolute Gasteiger partial charge is 0.492 e. The average Bonchev–Trinajstić information content (AvgIpc) is 3.14. The molecule has 2 aliphatic heterocycles. The first-order chi connectivity index (χ1) is 12.7. The molecular weight excluding hydrogens is 336 g/mol. The Hall–Kier alpha value is -2.84. The van der Waals surface area contributed by atoms with Gasteiger partial charge in [0.1, 0.15) is 0 Å². The van der Waals surface area contributed by atoms with E-state index in [2.05, 4.69) is 22.9 Å². The molecule has 0 fully saturated rings. The summed E-state index contributed by atoms with van der Waals surface area (Å²) in [5, 5.41) is 0. The van der Waals surface area contributed by atoms with E-state index >= 15 is 0 Å². The molecule has 1 amide bonds. The average molecular weight is 357 g/mol. The van der Waals surface area contributed by atoms with Gasteiger partial charge in [-0.1, -0.05) is 0 Å². The summed E-state index contributed by atoms with van der Waals surface area (Å²) >= 11 is 0. The molecule has 2 aromatic rings. The van der Waals surface area contributed by atoms with Crippen molar-refractivity contribution in [3.63, 3.8) is 0 Å². The number of carbonyl (C=O) groups excluding carboxylic acids is 1. The minimum Gasteiger partial charge on any atom is -0.492 e. The van der Waals surface area contributed by atoms with E-state index in [-0.39, 0.29) is 18.9 Å². The molecule has 0 aliphatic carbocycles. The monoisotopic (exact) mass is 357 g/mol. The van der Waals surface area contributed by atoms with Crippen LogP contribution in [0.15, 0.2) is 30.6 Å². The van der Waals surface area contributed by atoms with Crippen LogP contribution < -0.4 is 30.0 Å². The summed E-state index contributed by atoms with van der Waals surface area (Å²) < 4.78 is 16.7. The summed E-state index contributed by atoms with van der Waals surface area (Å²) in [7, 11) is 3.69. The number of hydrogen-bond acceptors (Lipinski definition) is 6. The predicted octanol–water partition coefficient (Wildman–Crippen LogP) is -0.177. The first-order valence-corrected chi connectivity index (χ1v) is 8.46. The highest BCUT2D eigenvalue weighted by molar-refractivity contribution is 5.93. The Kier molecular flexibility index (Phi) is 4.36. The number of ether oxygens (including phenoxy) is 3. The molecule has 136 valence electrons. The fourth-order valence-electron chi connectivity index (χ4n) is 3.43. The van der Waals surface area contributed by atoms with Gasteiger partial charge < -0.3 is 19.1 Å². The lowest BCUT2D eigenvalue weighted by molar-refractivity contribution is -0.918. The van der Waals surface area contributed by atoms with Gasteiger partial charge in [0.2, 0.25) is 12.5 Å². The van der Waals surface area contributed by atoms with Gasteiger partial charge in [-0.25, -0.2) is 0 Å². The quantitative estimate of drug-likeness (QED) is 0.659. The van der Waals surface area contributed by atoms with Crippen molar-refractivity contribution in [3.05, 3.63) is 47.3 Å². The Bertz CT molecular complexity index is 828. The number of nitrogens with one attached hydrogen (secondary N) is 3. The third-order valence-electron chi connectivity index (χ3n) is 4.77. The molecule has 2 aliphatic rings. The van der Waals surface area contributed by atoms with Gasteiger partial charge in [0.05, 0.1) is 31.8 Å². The van der Waals surface area contributed by atoms with Crippen LogP contribution in [0.2, 0.25) is 0 Å². The van der Waals surface area contributed by atoms with Crippen molar-refractivity contribution < 1.29 is 23.9 Å². The number of pyridine rings is 1. The molecule has 3 N–H and O–H groups in total. The highest BCUT2D eigenvalue weighted by Gasteiger charge is 2.36. The molecule has 1 unspecified atom stereocenters. The second kappa shape index (κ2) is 6.81. The zero-order valence-electron chi connectivity index (χ0n) is 14.7. The second-order valence-corrected chi connectivity index (χ2v) is 6.34. The standard InChI is InChI=1S/C18H20N4O4/c1-22-7-5-11-8-13-15(26-10-25-13)16(24-2)14(11)17(22)20-21-18(23)12-4-3-6-19-9-12/h3-4,6,8-9,17,20H,5,7,10H2,1-2H3,(H,21,23)/p+1/t17-/m0/s1. The number of methoxy groups -OCH3 is 1. The van der Waals surface area contributed by atoms with Crippen LogP contribution >= 0.6 is 0 Å². The molecule has 0 bridgehead atoms. The van der Waals surface area contributed by atoms with Crippen LogP contribution in [0.3, 0.4) is 0 Å². The van der Waals surface area contributed by atoms with Gasteiger partial charge in [0.25, 0.3) is 5.91 Å². The van der Waals surface area contributed by atoms with Crippen molar-refractivity contribution in [2.24, 2.45) is 0 Å². The zero-order chi connectivity index (χ0) is 18.1. The van der Waals surface area contributed by atoms with Gasteiger partial charge in [-0.2, -0.15) is 5.43 Å². The van der Waals surface area contributed by atoms with Gasteiger partial charge in [-0.15, -0.1) is 0 Å².